The van der Waals surface area contributed by atoms with E-state index in [1.807, 2.05) is 12.2 Å². The number of nitrogens with zero attached hydrogens (tertiary/aromatic N) is 2. The molecule has 32 heavy (non-hydrogen) atoms. The van der Waals surface area contributed by atoms with Crippen molar-refractivity contribution < 1.29 is 27.5 Å². The zero-order valence-electron chi connectivity index (χ0n) is 18.0. The van der Waals surface area contributed by atoms with Crippen LogP contribution in [0.2, 0.25) is 0 Å². The molecule has 0 unspecified atom stereocenters. The Morgan fingerprint density at radius 2 is 1.69 bits per heavy atom. The molecule has 0 bridgehead atoms. The van der Waals surface area contributed by atoms with Gasteiger partial charge in [0.15, 0.2) is 0 Å². The standard InChI is InChI=1S/C22H27N3O6S/c1-31-19-10-9-15(32(29,30)24-11-5-2-6-12-24)13-18(19)23-20(26)14-25-21(27)16-7-3-4-8-17(16)22(25)28/h3-4,9-10,13,16-17H,2,5-8,11-12,14H2,1H3,(H,23,26)/t16-,17-/m0/s1. The summed E-state index contributed by atoms with van der Waals surface area (Å²) in [7, 11) is -2.29. The molecule has 1 aliphatic carbocycles. The summed E-state index contributed by atoms with van der Waals surface area (Å²) in [4.78, 5) is 39.0. The lowest BCUT2D eigenvalue weighted by Gasteiger charge is -2.26. The number of amides is 3. The Hall–Kier alpha value is -2.72. The zero-order valence-corrected chi connectivity index (χ0v) is 18.8. The molecule has 0 aromatic heterocycles. The molecule has 2 atom stereocenters. The van der Waals surface area contributed by atoms with E-state index in [1.54, 1.807) is 0 Å². The van der Waals surface area contributed by atoms with Crippen molar-refractivity contribution in [3.05, 3.63) is 30.4 Å². The van der Waals surface area contributed by atoms with Gasteiger partial charge in [-0.2, -0.15) is 4.31 Å². The Balaban J connectivity index is 1.51. The van der Waals surface area contributed by atoms with E-state index in [1.165, 1.54) is 29.6 Å². The van der Waals surface area contributed by atoms with Crippen LogP contribution in [0.15, 0.2) is 35.2 Å². The fourth-order valence-electron chi connectivity index (χ4n) is 4.56. The Kier molecular flexibility index (Phi) is 6.34. The fourth-order valence-corrected chi connectivity index (χ4v) is 6.10. The maximum atomic E-state index is 13.0. The number of carbonyl (C=O) groups excluding carboxylic acids is 3. The van der Waals surface area contributed by atoms with E-state index < -0.39 is 34.3 Å². The first kappa shape index (κ1) is 22.5. The summed E-state index contributed by atoms with van der Waals surface area (Å²) < 4.78 is 32.7. The number of allylic oxidation sites excluding steroid dienone is 2. The molecule has 3 amide bonds. The number of anilines is 1. The number of piperidine rings is 1. The fraction of sp³-hybridized carbons (Fsp3) is 0.500. The molecule has 2 aliphatic heterocycles. The largest absolute Gasteiger partial charge is 0.495 e. The summed E-state index contributed by atoms with van der Waals surface area (Å²) in [6, 6.07) is 4.29. The molecule has 1 aromatic rings. The van der Waals surface area contributed by atoms with Gasteiger partial charge in [-0.1, -0.05) is 18.6 Å². The Morgan fingerprint density at radius 3 is 2.28 bits per heavy atom. The van der Waals surface area contributed by atoms with Crippen LogP contribution in [0.4, 0.5) is 5.69 Å². The number of methoxy groups -OCH3 is 1. The van der Waals surface area contributed by atoms with E-state index in [4.69, 9.17) is 4.74 Å². The first-order chi connectivity index (χ1) is 15.3. The molecule has 0 radical (unpaired) electrons. The number of imide groups is 1. The highest BCUT2D eigenvalue weighted by atomic mass is 32.2. The van der Waals surface area contributed by atoms with Gasteiger partial charge in [0.25, 0.3) is 0 Å². The van der Waals surface area contributed by atoms with Crippen molar-refractivity contribution in [3.8, 4) is 5.75 Å². The van der Waals surface area contributed by atoms with Crippen molar-refractivity contribution in [1.82, 2.24) is 9.21 Å². The maximum Gasteiger partial charge on any atom is 0.244 e. The molecule has 2 fully saturated rings. The highest BCUT2D eigenvalue weighted by Crippen LogP contribution is 2.35. The van der Waals surface area contributed by atoms with Crippen molar-refractivity contribution in [2.75, 3.05) is 32.1 Å². The second-order valence-corrected chi connectivity index (χ2v) is 10.2. The van der Waals surface area contributed by atoms with Crippen LogP contribution in [0.25, 0.3) is 0 Å². The lowest BCUT2D eigenvalue weighted by molar-refractivity contribution is -0.142. The summed E-state index contributed by atoms with van der Waals surface area (Å²) in [6.45, 7) is 0.510. The van der Waals surface area contributed by atoms with Gasteiger partial charge in [-0.25, -0.2) is 8.42 Å². The van der Waals surface area contributed by atoms with Crippen LogP contribution in [0.1, 0.15) is 32.1 Å². The summed E-state index contributed by atoms with van der Waals surface area (Å²) in [5.41, 5.74) is 0.175. The van der Waals surface area contributed by atoms with Crippen LogP contribution >= 0.6 is 0 Å². The van der Waals surface area contributed by atoms with Crippen LogP contribution in [0, 0.1) is 11.8 Å². The SMILES string of the molecule is COc1ccc(S(=O)(=O)N2CCCCC2)cc1NC(=O)CN1C(=O)[C@H]2CC=CC[C@@H]2C1=O. The number of rotatable bonds is 6. The quantitative estimate of drug-likeness (QED) is 0.510. The summed E-state index contributed by atoms with van der Waals surface area (Å²) in [5, 5.41) is 2.62. The van der Waals surface area contributed by atoms with Crippen molar-refractivity contribution in [1.29, 1.82) is 0 Å². The summed E-state index contributed by atoms with van der Waals surface area (Å²) in [6.07, 6.45) is 7.39. The molecule has 0 spiro atoms. The number of ether oxygens (including phenoxy) is 1. The number of carbonyl (C=O) groups is 3. The molecule has 2 saturated heterocycles. The maximum absolute atomic E-state index is 13.0. The lowest BCUT2D eigenvalue weighted by Crippen LogP contribution is -2.38. The number of sulfonamides is 1. The van der Waals surface area contributed by atoms with E-state index in [9.17, 15) is 22.8 Å². The third-order valence-corrected chi connectivity index (χ3v) is 8.19. The number of fused-ring (bicyclic) bond motifs is 1. The predicted octanol–water partition coefficient (Wildman–Crippen LogP) is 1.76. The topological polar surface area (TPSA) is 113 Å². The number of hydrogen-bond acceptors (Lipinski definition) is 6. The average Bonchev–Trinajstić information content (AvgIpc) is 3.04. The molecular formula is C22H27N3O6S. The van der Waals surface area contributed by atoms with Gasteiger partial charge in [-0.15, -0.1) is 0 Å². The van der Waals surface area contributed by atoms with Crippen LogP contribution in [0.5, 0.6) is 5.75 Å². The summed E-state index contributed by atoms with van der Waals surface area (Å²) in [5.74, 6) is -1.81. The predicted molar refractivity (Wildman–Crippen MR) is 116 cm³/mol. The third kappa shape index (κ3) is 4.16. The van der Waals surface area contributed by atoms with Gasteiger partial charge < -0.3 is 10.1 Å². The van der Waals surface area contributed by atoms with Gasteiger partial charge in [0.2, 0.25) is 27.7 Å². The van der Waals surface area contributed by atoms with Crippen LogP contribution < -0.4 is 10.1 Å². The van der Waals surface area contributed by atoms with Gasteiger partial charge >= 0.3 is 0 Å². The molecular weight excluding hydrogens is 434 g/mol. The van der Waals surface area contributed by atoms with Crippen molar-refractivity contribution in [2.24, 2.45) is 11.8 Å². The molecule has 1 aromatic carbocycles. The van der Waals surface area contributed by atoms with E-state index in [-0.39, 0.29) is 28.1 Å². The lowest BCUT2D eigenvalue weighted by atomic mass is 9.85. The third-order valence-electron chi connectivity index (χ3n) is 6.30. The number of likely N-dealkylation sites (tertiary alicyclic amines) is 1. The van der Waals surface area contributed by atoms with Crippen molar-refractivity contribution in [2.45, 2.75) is 37.0 Å². The zero-order chi connectivity index (χ0) is 22.9. The first-order valence-corrected chi connectivity index (χ1v) is 12.2. The van der Waals surface area contributed by atoms with Gasteiger partial charge in [0, 0.05) is 13.1 Å². The van der Waals surface area contributed by atoms with Gasteiger partial charge in [-0.05, 0) is 43.9 Å². The second-order valence-electron chi connectivity index (χ2n) is 8.29. The molecule has 9 nitrogen and oxygen atoms in total. The number of benzene rings is 1. The van der Waals surface area contributed by atoms with Crippen LogP contribution in [-0.4, -0.2) is 62.1 Å². The average molecular weight is 462 g/mol. The molecule has 2 heterocycles. The number of hydrogen-bond donors (Lipinski definition) is 1. The Morgan fingerprint density at radius 1 is 1.06 bits per heavy atom. The van der Waals surface area contributed by atoms with E-state index in [0.717, 1.165) is 24.2 Å². The van der Waals surface area contributed by atoms with Gasteiger partial charge in [0.05, 0.1) is 29.5 Å². The van der Waals surface area contributed by atoms with E-state index in [2.05, 4.69) is 5.32 Å². The van der Waals surface area contributed by atoms with Crippen LogP contribution in [-0.2, 0) is 24.4 Å². The molecule has 1 N–H and O–H groups in total. The minimum atomic E-state index is -3.70. The molecule has 172 valence electrons. The first-order valence-electron chi connectivity index (χ1n) is 10.8. The minimum Gasteiger partial charge on any atom is -0.495 e. The molecule has 3 aliphatic rings. The van der Waals surface area contributed by atoms with Gasteiger partial charge in [0.1, 0.15) is 12.3 Å². The normalized spacial score (nSPS) is 23.8. The number of nitrogens with one attached hydrogen (secondary N) is 1. The summed E-state index contributed by atoms with van der Waals surface area (Å²) >= 11 is 0. The van der Waals surface area contributed by atoms with Gasteiger partial charge in [-0.3, -0.25) is 19.3 Å². The van der Waals surface area contributed by atoms with Crippen LogP contribution in [0.3, 0.4) is 0 Å². The molecule has 10 heteroatoms. The highest BCUT2D eigenvalue weighted by Gasteiger charge is 2.47. The van der Waals surface area contributed by atoms with E-state index in [0.29, 0.717) is 25.9 Å². The van der Waals surface area contributed by atoms with Crippen molar-refractivity contribution in [3.63, 3.8) is 0 Å². The molecule has 0 saturated carbocycles. The highest BCUT2D eigenvalue weighted by molar-refractivity contribution is 7.89. The monoisotopic (exact) mass is 461 g/mol. The second kappa shape index (κ2) is 9.03. The Labute approximate surface area is 187 Å². The van der Waals surface area contributed by atoms with Crippen molar-refractivity contribution >= 4 is 33.4 Å². The Bertz CT molecular complexity index is 1040. The smallest absolute Gasteiger partial charge is 0.244 e. The van der Waals surface area contributed by atoms with E-state index >= 15 is 0 Å². The molecule has 4 rings (SSSR count). The minimum absolute atomic E-state index is 0.0564.